The molecule has 1 heterocycles. The zero-order valence-corrected chi connectivity index (χ0v) is 13.0. The maximum atomic E-state index is 12.7. The van der Waals surface area contributed by atoms with Crippen LogP contribution in [0.1, 0.15) is 40.5 Å². The summed E-state index contributed by atoms with van der Waals surface area (Å²) in [6.45, 7) is 13.1. The topological polar surface area (TPSA) is 41.6 Å². The summed E-state index contributed by atoms with van der Waals surface area (Å²) in [5.74, 6) is 0.707. The summed E-state index contributed by atoms with van der Waals surface area (Å²) in [4.78, 5) is 14.7. The Bertz CT molecular complexity index is 273. The van der Waals surface area contributed by atoms with Gasteiger partial charge in [-0.1, -0.05) is 13.8 Å². The fourth-order valence-corrected chi connectivity index (χ4v) is 2.77. The predicted octanol–water partition coefficient (Wildman–Crippen LogP) is 1.90. The standard InChI is InChI=1S/C15H30N2O2/c1-5-17(10-11-19-6-2)14(18)15(3,4)13-8-7-9-16-12-13/h13,16H,5-12H2,1-4H3. The third-order valence-corrected chi connectivity index (χ3v) is 4.25. The molecule has 0 aromatic rings. The second-order valence-corrected chi connectivity index (χ2v) is 5.85. The fourth-order valence-electron chi connectivity index (χ4n) is 2.77. The molecule has 112 valence electrons. The highest BCUT2D eigenvalue weighted by Gasteiger charge is 2.39. The normalized spacial score (nSPS) is 20.3. The van der Waals surface area contributed by atoms with Crippen LogP contribution in [0, 0.1) is 11.3 Å². The zero-order valence-electron chi connectivity index (χ0n) is 13.0. The molecule has 1 unspecified atom stereocenters. The minimum Gasteiger partial charge on any atom is -0.380 e. The molecule has 1 N–H and O–H groups in total. The SMILES string of the molecule is CCOCCN(CC)C(=O)C(C)(C)C1CCCNC1. The van der Waals surface area contributed by atoms with Crippen molar-refractivity contribution < 1.29 is 9.53 Å². The Kier molecular flexibility index (Phi) is 6.80. The molecule has 1 rings (SSSR count). The van der Waals surface area contributed by atoms with Gasteiger partial charge in [0.25, 0.3) is 0 Å². The van der Waals surface area contributed by atoms with E-state index in [-0.39, 0.29) is 11.3 Å². The van der Waals surface area contributed by atoms with Gasteiger partial charge in [-0.15, -0.1) is 0 Å². The van der Waals surface area contributed by atoms with Gasteiger partial charge in [0.1, 0.15) is 0 Å². The molecular formula is C15H30N2O2. The Labute approximate surface area is 117 Å². The Morgan fingerprint density at radius 3 is 2.68 bits per heavy atom. The van der Waals surface area contributed by atoms with E-state index in [1.54, 1.807) is 0 Å². The summed E-state index contributed by atoms with van der Waals surface area (Å²) in [6.07, 6.45) is 2.32. The molecule has 0 spiro atoms. The molecule has 1 aliphatic rings. The van der Waals surface area contributed by atoms with E-state index in [2.05, 4.69) is 19.2 Å². The van der Waals surface area contributed by atoms with E-state index in [9.17, 15) is 4.79 Å². The third kappa shape index (κ3) is 4.46. The average Bonchev–Trinajstić information content (AvgIpc) is 2.44. The molecule has 19 heavy (non-hydrogen) atoms. The number of hydrogen-bond donors (Lipinski definition) is 1. The van der Waals surface area contributed by atoms with Gasteiger partial charge in [0.15, 0.2) is 0 Å². The number of rotatable bonds is 7. The Balaban J connectivity index is 2.60. The maximum absolute atomic E-state index is 12.7. The van der Waals surface area contributed by atoms with Crippen molar-refractivity contribution in [2.24, 2.45) is 11.3 Å². The van der Waals surface area contributed by atoms with E-state index in [0.717, 1.165) is 26.1 Å². The molecule has 0 aromatic heterocycles. The number of amides is 1. The molecule has 0 aromatic carbocycles. The van der Waals surface area contributed by atoms with Crippen molar-refractivity contribution in [2.75, 3.05) is 39.4 Å². The number of piperidine rings is 1. The second-order valence-electron chi connectivity index (χ2n) is 5.85. The van der Waals surface area contributed by atoms with Gasteiger partial charge >= 0.3 is 0 Å². The van der Waals surface area contributed by atoms with Crippen molar-refractivity contribution >= 4 is 5.91 Å². The highest BCUT2D eigenvalue weighted by Crippen LogP contribution is 2.33. The largest absolute Gasteiger partial charge is 0.380 e. The Morgan fingerprint density at radius 1 is 1.42 bits per heavy atom. The van der Waals surface area contributed by atoms with Crippen molar-refractivity contribution in [2.45, 2.75) is 40.5 Å². The summed E-state index contributed by atoms with van der Waals surface area (Å²) in [6, 6.07) is 0. The van der Waals surface area contributed by atoms with Crippen molar-refractivity contribution in [1.82, 2.24) is 10.2 Å². The molecule has 0 radical (unpaired) electrons. The van der Waals surface area contributed by atoms with Crippen LogP contribution in [0.5, 0.6) is 0 Å². The molecule has 0 aliphatic carbocycles. The summed E-state index contributed by atoms with van der Waals surface area (Å²) >= 11 is 0. The van der Waals surface area contributed by atoms with Gasteiger partial charge in [-0.05, 0) is 45.7 Å². The number of nitrogens with one attached hydrogen (secondary N) is 1. The summed E-state index contributed by atoms with van der Waals surface area (Å²) < 4.78 is 5.37. The third-order valence-electron chi connectivity index (χ3n) is 4.25. The molecule has 4 nitrogen and oxygen atoms in total. The van der Waals surface area contributed by atoms with Crippen molar-refractivity contribution in [3.63, 3.8) is 0 Å². The first-order valence-electron chi connectivity index (χ1n) is 7.61. The quantitative estimate of drug-likeness (QED) is 0.718. The minimum absolute atomic E-state index is 0.267. The molecule has 1 fully saturated rings. The van der Waals surface area contributed by atoms with Gasteiger partial charge in [-0.2, -0.15) is 0 Å². The average molecular weight is 270 g/mol. The molecule has 1 amide bonds. The van der Waals surface area contributed by atoms with E-state index in [1.165, 1.54) is 6.42 Å². The van der Waals surface area contributed by atoms with Crippen LogP contribution in [0.4, 0.5) is 0 Å². The number of nitrogens with zero attached hydrogens (tertiary/aromatic N) is 1. The predicted molar refractivity (Wildman–Crippen MR) is 78.1 cm³/mol. The van der Waals surface area contributed by atoms with Crippen LogP contribution < -0.4 is 5.32 Å². The van der Waals surface area contributed by atoms with Crippen molar-refractivity contribution in [3.8, 4) is 0 Å². The van der Waals surface area contributed by atoms with Gasteiger partial charge in [0.05, 0.1) is 6.61 Å². The van der Waals surface area contributed by atoms with E-state index in [1.807, 2.05) is 18.7 Å². The van der Waals surface area contributed by atoms with Crippen LogP contribution in [-0.4, -0.2) is 50.2 Å². The molecule has 1 saturated heterocycles. The first-order valence-corrected chi connectivity index (χ1v) is 7.61. The first-order chi connectivity index (χ1) is 9.04. The van der Waals surface area contributed by atoms with Gasteiger partial charge in [0, 0.05) is 25.1 Å². The molecule has 4 heteroatoms. The number of ether oxygens (including phenoxy) is 1. The van der Waals surface area contributed by atoms with Crippen LogP contribution in [0.3, 0.4) is 0 Å². The lowest BCUT2D eigenvalue weighted by molar-refractivity contribution is -0.144. The van der Waals surface area contributed by atoms with Gasteiger partial charge in [-0.3, -0.25) is 4.79 Å². The summed E-state index contributed by atoms with van der Waals surface area (Å²) in [7, 11) is 0. The molecule has 1 atom stereocenters. The van der Waals surface area contributed by atoms with E-state index < -0.39 is 0 Å². The van der Waals surface area contributed by atoms with Crippen LogP contribution in [-0.2, 0) is 9.53 Å². The van der Waals surface area contributed by atoms with Gasteiger partial charge in [0.2, 0.25) is 5.91 Å². The molecule has 1 aliphatic heterocycles. The van der Waals surface area contributed by atoms with E-state index >= 15 is 0 Å². The van der Waals surface area contributed by atoms with Crippen LogP contribution in [0.15, 0.2) is 0 Å². The number of carbonyl (C=O) groups is 1. The van der Waals surface area contributed by atoms with Gasteiger partial charge in [-0.25, -0.2) is 0 Å². The second kappa shape index (κ2) is 7.85. The lowest BCUT2D eigenvalue weighted by Crippen LogP contribution is -2.49. The fraction of sp³-hybridized carbons (Fsp3) is 0.933. The van der Waals surface area contributed by atoms with E-state index in [4.69, 9.17) is 4.74 Å². The molecule has 0 bridgehead atoms. The van der Waals surface area contributed by atoms with Crippen molar-refractivity contribution in [3.05, 3.63) is 0 Å². The highest BCUT2D eigenvalue weighted by atomic mass is 16.5. The lowest BCUT2D eigenvalue weighted by atomic mass is 9.74. The molecular weight excluding hydrogens is 240 g/mol. The zero-order chi connectivity index (χ0) is 14.3. The van der Waals surface area contributed by atoms with Gasteiger partial charge < -0.3 is 15.0 Å². The number of likely N-dealkylation sites (N-methyl/N-ethyl adjacent to an activating group) is 1. The lowest BCUT2D eigenvalue weighted by Gasteiger charge is -2.39. The first kappa shape index (κ1) is 16.4. The monoisotopic (exact) mass is 270 g/mol. The maximum Gasteiger partial charge on any atom is 0.228 e. The minimum atomic E-state index is -0.282. The molecule has 0 saturated carbocycles. The van der Waals surface area contributed by atoms with Crippen LogP contribution in [0.25, 0.3) is 0 Å². The van der Waals surface area contributed by atoms with Crippen molar-refractivity contribution in [1.29, 1.82) is 0 Å². The Hall–Kier alpha value is -0.610. The smallest absolute Gasteiger partial charge is 0.228 e. The highest BCUT2D eigenvalue weighted by molar-refractivity contribution is 5.82. The number of carbonyl (C=O) groups excluding carboxylic acids is 1. The summed E-state index contributed by atoms with van der Waals surface area (Å²) in [5, 5.41) is 3.41. The van der Waals surface area contributed by atoms with Crippen LogP contribution >= 0.6 is 0 Å². The number of hydrogen-bond acceptors (Lipinski definition) is 3. The Morgan fingerprint density at radius 2 is 2.16 bits per heavy atom. The summed E-state index contributed by atoms with van der Waals surface area (Å²) in [5.41, 5.74) is -0.282. The van der Waals surface area contributed by atoms with Crippen LogP contribution in [0.2, 0.25) is 0 Å². The van der Waals surface area contributed by atoms with E-state index in [0.29, 0.717) is 25.7 Å².